The predicted molar refractivity (Wildman–Crippen MR) is 54.4 cm³/mol. The van der Waals surface area contributed by atoms with Gasteiger partial charge in [0.1, 0.15) is 5.82 Å². The summed E-state index contributed by atoms with van der Waals surface area (Å²) in [6, 6.07) is 0. The van der Waals surface area contributed by atoms with Gasteiger partial charge in [-0.2, -0.15) is 0 Å². The van der Waals surface area contributed by atoms with Crippen LogP contribution < -0.4 is 5.32 Å². The third kappa shape index (κ3) is 4.68. The monoisotopic (exact) mass is 181 g/mol. The Labute approximate surface area is 80.0 Å². The molecule has 0 fully saturated rings. The van der Waals surface area contributed by atoms with Gasteiger partial charge in [-0.25, -0.2) is 4.98 Å². The average molecular weight is 181 g/mol. The molecule has 1 aromatic rings. The Hall–Kier alpha value is -0.830. The van der Waals surface area contributed by atoms with Crippen molar-refractivity contribution < 1.29 is 0 Å². The second kappa shape index (κ2) is 6.66. The van der Waals surface area contributed by atoms with E-state index in [1.165, 1.54) is 25.7 Å². The van der Waals surface area contributed by atoms with E-state index in [1.807, 2.05) is 6.20 Å². The van der Waals surface area contributed by atoms with Crippen LogP contribution in [-0.4, -0.2) is 16.5 Å². The van der Waals surface area contributed by atoms with Crippen molar-refractivity contribution in [1.82, 2.24) is 15.3 Å². The Kier molecular flexibility index (Phi) is 5.25. The number of hydrogen-bond donors (Lipinski definition) is 2. The lowest BCUT2D eigenvalue weighted by molar-refractivity contribution is 0.589. The highest BCUT2D eigenvalue weighted by atomic mass is 15.0. The van der Waals surface area contributed by atoms with E-state index in [0.29, 0.717) is 0 Å². The molecule has 0 aliphatic heterocycles. The number of imidazole rings is 1. The SMILES string of the molecule is CCCCCCNCc1ncc[nH]1. The fourth-order valence-corrected chi connectivity index (χ4v) is 1.28. The largest absolute Gasteiger partial charge is 0.348 e. The maximum Gasteiger partial charge on any atom is 0.120 e. The summed E-state index contributed by atoms with van der Waals surface area (Å²) in [7, 11) is 0. The predicted octanol–water partition coefficient (Wildman–Crippen LogP) is 2.08. The lowest BCUT2D eigenvalue weighted by atomic mass is 10.2. The Balaban J connectivity index is 1.90. The van der Waals surface area contributed by atoms with Gasteiger partial charge in [0.2, 0.25) is 0 Å². The topological polar surface area (TPSA) is 40.7 Å². The first kappa shape index (κ1) is 10.3. The van der Waals surface area contributed by atoms with Gasteiger partial charge >= 0.3 is 0 Å². The lowest BCUT2D eigenvalue weighted by Gasteiger charge is -2.01. The molecular weight excluding hydrogens is 162 g/mol. The highest BCUT2D eigenvalue weighted by Gasteiger charge is 1.92. The fourth-order valence-electron chi connectivity index (χ4n) is 1.28. The summed E-state index contributed by atoms with van der Waals surface area (Å²) >= 11 is 0. The molecule has 0 saturated carbocycles. The Morgan fingerprint density at radius 1 is 1.38 bits per heavy atom. The number of nitrogens with one attached hydrogen (secondary N) is 2. The molecule has 1 rings (SSSR count). The maximum atomic E-state index is 4.13. The minimum Gasteiger partial charge on any atom is -0.348 e. The molecule has 0 unspecified atom stereocenters. The molecule has 0 saturated heterocycles. The first-order valence-electron chi connectivity index (χ1n) is 5.12. The number of H-pyrrole nitrogens is 1. The van der Waals surface area contributed by atoms with Gasteiger partial charge in [0, 0.05) is 12.4 Å². The van der Waals surface area contributed by atoms with Gasteiger partial charge < -0.3 is 10.3 Å². The number of rotatable bonds is 7. The van der Waals surface area contributed by atoms with Crippen LogP contribution in [0.25, 0.3) is 0 Å². The molecule has 74 valence electrons. The third-order valence-corrected chi connectivity index (χ3v) is 2.05. The minimum absolute atomic E-state index is 0.860. The van der Waals surface area contributed by atoms with Crippen molar-refractivity contribution >= 4 is 0 Å². The van der Waals surface area contributed by atoms with Crippen molar-refractivity contribution in [2.75, 3.05) is 6.54 Å². The third-order valence-electron chi connectivity index (χ3n) is 2.05. The standard InChI is InChI=1S/C10H19N3/c1-2-3-4-5-6-11-9-10-12-7-8-13-10/h7-8,11H,2-6,9H2,1H3,(H,12,13). The molecule has 3 nitrogen and oxygen atoms in total. The second-order valence-electron chi connectivity index (χ2n) is 3.27. The van der Waals surface area contributed by atoms with Crippen molar-refractivity contribution in [2.24, 2.45) is 0 Å². The zero-order valence-corrected chi connectivity index (χ0v) is 8.34. The van der Waals surface area contributed by atoms with E-state index in [2.05, 4.69) is 22.2 Å². The van der Waals surface area contributed by atoms with Crippen molar-refractivity contribution in [3.05, 3.63) is 18.2 Å². The molecular formula is C10H19N3. The first-order valence-corrected chi connectivity index (χ1v) is 5.12. The summed E-state index contributed by atoms with van der Waals surface area (Å²) in [4.78, 5) is 7.20. The number of aromatic nitrogens is 2. The summed E-state index contributed by atoms with van der Waals surface area (Å²) < 4.78 is 0. The molecule has 0 aromatic carbocycles. The molecule has 0 spiro atoms. The van der Waals surface area contributed by atoms with E-state index in [0.717, 1.165) is 18.9 Å². The maximum absolute atomic E-state index is 4.13. The van der Waals surface area contributed by atoms with Crippen molar-refractivity contribution in [3.8, 4) is 0 Å². The highest BCUT2D eigenvalue weighted by Crippen LogP contribution is 1.97. The van der Waals surface area contributed by atoms with Crippen LogP contribution in [0.3, 0.4) is 0 Å². The van der Waals surface area contributed by atoms with Crippen molar-refractivity contribution in [1.29, 1.82) is 0 Å². The summed E-state index contributed by atoms with van der Waals surface area (Å²) in [5.41, 5.74) is 0. The molecule has 2 N–H and O–H groups in total. The molecule has 13 heavy (non-hydrogen) atoms. The van der Waals surface area contributed by atoms with Crippen LogP contribution in [0, 0.1) is 0 Å². The second-order valence-corrected chi connectivity index (χ2v) is 3.27. The smallest absolute Gasteiger partial charge is 0.120 e. The van der Waals surface area contributed by atoms with E-state index < -0.39 is 0 Å². The lowest BCUT2D eigenvalue weighted by Crippen LogP contribution is -2.15. The number of unbranched alkanes of at least 4 members (excludes halogenated alkanes) is 3. The van der Waals surface area contributed by atoms with E-state index in [-0.39, 0.29) is 0 Å². The fraction of sp³-hybridized carbons (Fsp3) is 0.700. The molecule has 0 aliphatic carbocycles. The summed E-state index contributed by atoms with van der Waals surface area (Å²) in [6.07, 6.45) is 8.90. The van der Waals surface area contributed by atoms with E-state index in [1.54, 1.807) is 6.20 Å². The van der Waals surface area contributed by atoms with Crippen molar-refractivity contribution in [2.45, 2.75) is 39.2 Å². The summed E-state index contributed by atoms with van der Waals surface area (Å²) in [5, 5.41) is 3.35. The van der Waals surface area contributed by atoms with Crippen LogP contribution in [0.5, 0.6) is 0 Å². The van der Waals surface area contributed by atoms with Crippen LogP contribution in [-0.2, 0) is 6.54 Å². The summed E-state index contributed by atoms with van der Waals surface area (Å²) in [5.74, 6) is 1.02. The van der Waals surface area contributed by atoms with Crippen LogP contribution >= 0.6 is 0 Å². The van der Waals surface area contributed by atoms with Gasteiger partial charge in [-0.1, -0.05) is 26.2 Å². The average Bonchev–Trinajstić information content (AvgIpc) is 2.63. The van der Waals surface area contributed by atoms with Gasteiger partial charge in [-0.05, 0) is 13.0 Å². The van der Waals surface area contributed by atoms with Gasteiger partial charge in [-0.15, -0.1) is 0 Å². The van der Waals surface area contributed by atoms with E-state index in [9.17, 15) is 0 Å². The quantitative estimate of drug-likeness (QED) is 0.632. The number of nitrogens with zero attached hydrogens (tertiary/aromatic N) is 1. The number of hydrogen-bond acceptors (Lipinski definition) is 2. The zero-order chi connectivity index (χ0) is 9.36. The van der Waals surface area contributed by atoms with Crippen LogP contribution in [0.15, 0.2) is 12.4 Å². The number of aromatic amines is 1. The summed E-state index contributed by atoms with van der Waals surface area (Å²) in [6.45, 7) is 4.19. The first-order chi connectivity index (χ1) is 6.43. The molecule has 0 amide bonds. The molecule has 1 aromatic heterocycles. The molecule has 0 atom stereocenters. The molecule has 1 heterocycles. The molecule has 3 heteroatoms. The van der Waals surface area contributed by atoms with E-state index in [4.69, 9.17) is 0 Å². The Morgan fingerprint density at radius 2 is 2.31 bits per heavy atom. The van der Waals surface area contributed by atoms with Gasteiger partial charge in [0.15, 0.2) is 0 Å². The van der Waals surface area contributed by atoms with Gasteiger partial charge in [0.25, 0.3) is 0 Å². The molecule has 0 aliphatic rings. The molecule has 0 bridgehead atoms. The zero-order valence-electron chi connectivity index (χ0n) is 8.34. The Bertz CT molecular complexity index is 194. The van der Waals surface area contributed by atoms with Crippen molar-refractivity contribution in [3.63, 3.8) is 0 Å². The Morgan fingerprint density at radius 3 is 3.00 bits per heavy atom. The molecule has 0 radical (unpaired) electrons. The van der Waals surface area contributed by atoms with E-state index >= 15 is 0 Å². The normalized spacial score (nSPS) is 10.5. The highest BCUT2D eigenvalue weighted by molar-refractivity contribution is 4.85. The minimum atomic E-state index is 0.860. The van der Waals surface area contributed by atoms with Crippen LogP contribution in [0.2, 0.25) is 0 Å². The van der Waals surface area contributed by atoms with Crippen LogP contribution in [0.1, 0.15) is 38.4 Å². The van der Waals surface area contributed by atoms with Gasteiger partial charge in [0.05, 0.1) is 6.54 Å². The van der Waals surface area contributed by atoms with Gasteiger partial charge in [-0.3, -0.25) is 0 Å². The van der Waals surface area contributed by atoms with Crippen LogP contribution in [0.4, 0.5) is 0 Å².